The third-order valence-electron chi connectivity index (χ3n) is 3.27. The lowest BCUT2D eigenvalue weighted by molar-refractivity contribution is -0.137. The monoisotopic (exact) mass is 319 g/mol. The average molecular weight is 319 g/mol. The van der Waals surface area contributed by atoms with Gasteiger partial charge in [-0.3, -0.25) is 0 Å². The minimum Gasteiger partial charge on any atom is -0.362 e. The van der Waals surface area contributed by atoms with Crippen LogP contribution in [-0.4, -0.2) is 10.1 Å². The third kappa shape index (κ3) is 3.18. The van der Waals surface area contributed by atoms with Crippen LogP contribution in [0.5, 0.6) is 0 Å². The first-order chi connectivity index (χ1) is 10.9. The number of rotatable bonds is 3. The van der Waals surface area contributed by atoms with Crippen LogP contribution >= 0.6 is 0 Å². The predicted octanol–water partition coefficient (Wildman–Crippen LogP) is 4.81. The molecule has 3 rings (SSSR count). The molecule has 23 heavy (non-hydrogen) atoms. The Labute approximate surface area is 130 Å². The van der Waals surface area contributed by atoms with Crippen molar-refractivity contribution in [3.63, 3.8) is 0 Å². The topological polar surface area (TPSA) is 51.0 Å². The van der Waals surface area contributed by atoms with E-state index in [4.69, 9.17) is 4.52 Å². The van der Waals surface area contributed by atoms with Crippen LogP contribution in [0.25, 0.3) is 11.3 Å². The Kier molecular flexibility index (Phi) is 3.77. The molecule has 1 N–H and O–H groups in total. The molecule has 0 unspecified atom stereocenters. The van der Waals surface area contributed by atoms with E-state index < -0.39 is 11.7 Å². The molecule has 118 valence electrons. The van der Waals surface area contributed by atoms with Gasteiger partial charge in [-0.05, 0) is 25.1 Å². The van der Waals surface area contributed by atoms with Gasteiger partial charge < -0.3 is 9.84 Å². The lowest BCUT2D eigenvalue weighted by atomic mass is 10.0. The van der Waals surface area contributed by atoms with Crippen molar-refractivity contribution < 1.29 is 17.7 Å². The van der Waals surface area contributed by atoms with E-state index in [9.17, 15) is 13.2 Å². The normalized spacial score (nSPS) is 11.5. The Balaban J connectivity index is 1.99. The first-order valence-corrected chi connectivity index (χ1v) is 6.77. The van der Waals surface area contributed by atoms with E-state index in [0.29, 0.717) is 17.2 Å². The molecule has 0 amide bonds. The third-order valence-corrected chi connectivity index (χ3v) is 3.27. The van der Waals surface area contributed by atoms with E-state index in [1.165, 1.54) is 24.5 Å². The summed E-state index contributed by atoms with van der Waals surface area (Å²) in [7, 11) is 0. The number of halogens is 3. The van der Waals surface area contributed by atoms with Crippen molar-refractivity contribution in [2.24, 2.45) is 0 Å². The highest BCUT2D eigenvalue weighted by Crippen LogP contribution is 2.36. The number of pyridine rings is 1. The lowest BCUT2D eigenvalue weighted by Gasteiger charge is -2.13. The Morgan fingerprint density at radius 3 is 2.52 bits per heavy atom. The number of hydrogen-bond donors (Lipinski definition) is 1. The summed E-state index contributed by atoms with van der Waals surface area (Å²) in [6, 6.07) is 10.2. The van der Waals surface area contributed by atoms with Crippen LogP contribution in [-0.2, 0) is 6.18 Å². The summed E-state index contributed by atoms with van der Waals surface area (Å²) in [5.41, 5.74) is 0.792. The fraction of sp³-hybridized carbons (Fsp3) is 0.125. The van der Waals surface area contributed by atoms with Gasteiger partial charge in [-0.1, -0.05) is 29.4 Å². The maximum atomic E-state index is 13.1. The quantitative estimate of drug-likeness (QED) is 0.753. The van der Waals surface area contributed by atoms with Gasteiger partial charge in [0.25, 0.3) is 0 Å². The molecule has 3 aromatic rings. The molecule has 0 radical (unpaired) electrons. The molecular formula is C16H12F3N3O. The van der Waals surface area contributed by atoms with Gasteiger partial charge in [0.1, 0.15) is 23.5 Å². The summed E-state index contributed by atoms with van der Waals surface area (Å²) in [6.07, 6.45) is -3.03. The van der Waals surface area contributed by atoms with Gasteiger partial charge in [0, 0.05) is 5.56 Å². The zero-order valence-electron chi connectivity index (χ0n) is 12.1. The van der Waals surface area contributed by atoms with Crippen molar-refractivity contribution in [3.8, 4) is 11.3 Å². The van der Waals surface area contributed by atoms with E-state index in [0.717, 1.165) is 6.07 Å². The van der Waals surface area contributed by atoms with E-state index in [2.05, 4.69) is 15.5 Å². The molecule has 4 nitrogen and oxygen atoms in total. The number of alkyl halides is 3. The molecule has 0 aliphatic carbocycles. The van der Waals surface area contributed by atoms with Gasteiger partial charge in [-0.2, -0.15) is 13.2 Å². The Hall–Kier alpha value is -2.83. The van der Waals surface area contributed by atoms with Gasteiger partial charge in [0.05, 0.1) is 11.3 Å². The number of nitrogens with zero attached hydrogens (tertiary/aromatic N) is 2. The van der Waals surface area contributed by atoms with Crippen LogP contribution in [0.3, 0.4) is 0 Å². The van der Waals surface area contributed by atoms with Crippen molar-refractivity contribution in [3.05, 3.63) is 60.0 Å². The van der Waals surface area contributed by atoms with Gasteiger partial charge in [-0.15, -0.1) is 0 Å². The molecular weight excluding hydrogens is 307 g/mol. The maximum Gasteiger partial charge on any atom is 0.417 e. The highest BCUT2D eigenvalue weighted by Gasteiger charge is 2.33. The number of aromatic nitrogens is 2. The molecule has 7 heteroatoms. The molecule has 0 fully saturated rings. The summed E-state index contributed by atoms with van der Waals surface area (Å²) in [5, 5.41) is 6.70. The van der Waals surface area contributed by atoms with E-state index in [1.807, 2.05) is 0 Å². The summed E-state index contributed by atoms with van der Waals surface area (Å²) in [6.45, 7) is 1.74. The molecule has 0 spiro atoms. The molecule has 2 heterocycles. The molecule has 2 aromatic heterocycles. The first kappa shape index (κ1) is 15.1. The van der Waals surface area contributed by atoms with Crippen LogP contribution in [0.1, 0.15) is 11.3 Å². The molecule has 0 saturated carbocycles. The van der Waals surface area contributed by atoms with E-state index in [1.54, 1.807) is 25.1 Å². The van der Waals surface area contributed by atoms with Crippen molar-refractivity contribution in [1.29, 1.82) is 0 Å². The lowest BCUT2D eigenvalue weighted by Crippen LogP contribution is -2.07. The van der Waals surface area contributed by atoms with Crippen LogP contribution < -0.4 is 5.32 Å². The number of aryl methyl sites for hydroxylation is 1. The second-order valence-electron chi connectivity index (χ2n) is 4.89. The number of anilines is 2. The molecule has 0 bridgehead atoms. The fourth-order valence-corrected chi connectivity index (χ4v) is 2.16. The number of benzene rings is 1. The number of hydrogen-bond acceptors (Lipinski definition) is 4. The zero-order valence-corrected chi connectivity index (χ0v) is 12.1. The van der Waals surface area contributed by atoms with Crippen LogP contribution in [0.2, 0.25) is 0 Å². The first-order valence-electron chi connectivity index (χ1n) is 6.77. The van der Waals surface area contributed by atoms with Crippen molar-refractivity contribution in [1.82, 2.24) is 10.1 Å². The van der Waals surface area contributed by atoms with E-state index in [-0.39, 0.29) is 11.3 Å². The maximum absolute atomic E-state index is 13.1. The van der Waals surface area contributed by atoms with Gasteiger partial charge >= 0.3 is 6.18 Å². The van der Waals surface area contributed by atoms with Gasteiger partial charge in [-0.25, -0.2) is 4.98 Å². The summed E-state index contributed by atoms with van der Waals surface area (Å²) >= 11 is 0. The molecule has 0 aliphatic rings. The van der Waals surface area contributed by atoms with Gasteiger partial charge in [0.15, 0.2) is 0 Å². The molecule has 0 saturated heterocycles. The Morgan fingerprint density at radius 1 is 1.04 bits per heavy atom. The standard InChI is InChI=1S/C16H12F3N3O/c1-10-14(9-23-22-10)21-15-8-4-7-13(20-15)11-5-2-3-6-12(11)16(17,18)19/h2-9H,1H3,(H,20,21). The molecule has 0 atom stereocenters. The van der Waals surface area contributed by atoms with Crippen molar-refractivity contribution >= 4 is 11.5 Å². The van der Waals surface area contributed by atoms with Crippen LogP contribution in [0, 0.1) is 6.92 Å². The van der Waals surface area contributed by atoms with Crippen LogP contribution in [0.4, 0.5) is 24.7 Å². The van der Waals surface area contributed by atoms with Gasteiger partial charge in [0.2, 0.25) is 0 Å². The average Bonchev–Trinajstić information content (AvgIpc) is 2.92. The highest BCUT2D eigenvalue weighted by molar-refractivity contribution is 5.67. The molecule has 1 aromatic carbocycles. The Morgan fingerprint density at radius 2 is 1.83 bits per heavy atom. The smallest absolute Gasteiger partial charge is 0.362 e. The minimum absolute atomic E-state index is 0.0330. The SMILES string of the molecule is Cc1nocc1Nc1cccc(-c2ccccc2C(F)(F)F)n1. The minimum atomic E-state index is -4.44. The fourth-order valence-electron chi connectivity index (χ4n) is 2.16. The van der Waals surface area contributed by atoms with E-state index >= 15 is 0 Å². The van der Waals surface area contributed by atoms with Crippen LogP contribution in [0.15, 0.2) is 53.3 Å². The summed E-state index contributed by atoms with van der Waals surface area (Å²) in [4.78, 5) is 4.25. The van der Waals surface area contributed by atoms with Crippen molar-refractivity contribution in [2.45, 2.75) is 13.1 Å². The second-order valence-corrected chi connectivity index (χ2v) is 4.89. The number of nitrogens with one attached hydrogen (secondary N) is 1. The largest absolute Gasteiger partial charge is 0.417 e. The Bertz CT molecular complexity index is 827. The predicted molar refractivity (Wildman–Crippen MR) is 79.2 cm³/mol. The highest BCUT2D eigenvalue weighted by atomic mass is 19.4. The summed E-state index contributed by atoms with van der Waals surface area (Å²) < 4.78 is 44.2. The van der Waals surface area contributed by atoms with Crippen molar-refractivity contribution in [2.75, 3.05) is 5.32 Å². The summed E-state index contributed by atoms with van der Waals surface area (Å²) in [5.74, 6) is 0.408. The zero-order chi connectivity index (χ0) is 16.4. The second kappa shape index (κ2) is 5.75. The molecule has 0 aliphatic heterocycles.